The number of hydrogen-bond acceptors (Lipinski definition) is 5. The molecule has 0 aliphatic carbocycles. The summed E-state index contributed by atoms with van der Waals surface area (Å²) in [6.45, 7) is 3.71. The van der Waals surface area contributed by atoms with Gasteiger partial charge in [0, 0.05) is 13.2 Å². The molecule has 0 aromatic heterocycles. The van der Waals surface area contributed by atoms with Crippen LogP contribution in [0.3, 0.4) is 0 Å². The first-order valence-corrected chi connectivity index (χ1v) is 3.47. The van der Waals surface area contributed by atoms with Gasteiger partial charge in [-0.05, 0) is 6.92 Å². The third-order valence-corrected chi connectivity index (χ3v) is 0.745. The van der Waals surface area contributed by atoms with Gasteiger partial charge in [-0.2, -0.15) is 0 Å². The highest BCUT2D eigenvalue weighted by Gasteiger charge is 2.04. The van der Waals surface area contributed by atoms with Crippen molar-refractivity contribution in [1.82, 2.24) is 5.48 Å². The van der Waals surface area contributed by atoms with Crippen molar-refractivity contribution >= 4 is 11.9 Å². The van der Waals surface area contributed by atoms with Crippen LogP contribution in [0.4, 0.5) is 0 Å². The Morgan fingerprint density at radius 3 is 2.00 bits per heavy atom. The highest BCUT2D eigenvalue weighted by atomic mass is 16.5. The maximum Gasteiger partial charge on any atom is 0.414 e. The minimum absolute atomic E-state index is 0.508. The molecular formula is C6H13NO6. The van der Waals surface area contributed by atoms with Crippen molar-refractivity contribution in [2.45, 2.75) is 6.92 Å². The molecule has 7 heteroatoms. The molecular weight excluding hydrogens is 182 g/mol. The largest absolute Gasteiger partial charge is 0.473 e. The van der Waals surface area contributed by atoms with Gasteiger partial charge >= 0.3 is 11.9 Å². The number of ether oxygens (including phenoxy) is 1. The second-order valence-electron chi connectivity index (χ2n) is 1.72. The summed E-state index contributed by atoms with van der Waals surface area (Å²) in [6.07, 6.45) is 0. The van der Waals surface area contributed by atoms with Crippen LogP contribution in [-0.2, 0) is 14.3 Å². The van der Waals surface area contributed by atoms with Gasteiger partial charge in [-0.1, -0.05) is 0 Å². The van der Waals surface area contributed by atoms with E-state index in [2.05, 4.69) is 0 Å². The van der Waals surface area contributed by atoms with Crippen molar-refractivity contribution in [3.8, 4) is 0 Å². The molecule has 4 N–H and O–H groups in total. The smallest absolute Gasteiger partial charge is 0.414 e. The number of aliphatic carboxylic acids is 2. The predicted octanol–water partition coefficient (Wildman–Crippen LogP) is -0.843. The first-order chi connectivity index (χ1) is 6.06. The van der Waals surface area contributed by atoms with Crippen LogP contribution in [-0.4, -0.2) is 47.1 Å². The molecule has 7 nitrogen and oxygen atoms in total. The molecule has 0 saturated carbocycles. The number of carboxylic acids is 2. The molecule has 0 rings (SSSR count). The van der Waals surface area contributed by atoms with Gasteiger partial charge in [-0.25, -0.2) is 15.1 Å². The Labute approximate surface area is 74.9 Å². The van der Waals surface area contributed by atoms with Crippen LogP contribution in [0.1, 0.15) is 6.92 Å². The van der Waals surface area contributed by atoms with Crippen molar-refractivity contribution in [3.05, 3.63) is 0 Å². The van der Waals surface area contributed by atoms with E-state index in [-0.39, 0.29) is 0 Å². The van der Waals surface area contributed by atoms with Crippen molar-refractivity contribution in [1.29, 1.82) is 0 Å². The zero-order valence-electron chi connectivity index (χ0n) is 7.19. The van der Waals surface area contributed by atoms with Gasteiger partial charge in [0.15, 0.2) is 0 Å². The Bertz CT molecular complexity index is 132. The number of carboxylic acid groups (broad SMARTS) is 2. The average Bonchev–Trinajstić information content (AvgIpc) is 2.06. The van der Waals surface area contributed by atoms with Crippen LogP contribution < -0.4 is 5.48 Å². The Morgan fingerprint density at radius 2 is 1.77 bits per heavy atom. The highest BCUT2D eigenvalue weighted by Crippen LogP contribution is 1.66. The number of carbonyl (C=O) groups is 2. The van der Waals surface area contributed by atoms with Crippen LogP contribution in [0.2, 0.25) is 0 Å². The zero-order chi connectivity index (χ0) is 10.7. The lowest BCUT2D eigenvalue weighted by Gasteiger charge is -1.95. The predicted molar refractivity (Wildman–Crippen MR) is 41.6 cm³/mol. The Balaban J connectivity index is 0. The molecule has 0 heterocycles. The van der Waals surface area contributed by atoms with Crippen molar-refractivity contribution in [2.75, 3.05) is 19.8 Å². The Hall–Kier alpha value is -1.18. The number of hydroxylamine groups is 1. The number of nitrogens with one attached hydrogen (secondary N) is 1. The van der Waals surface area contributed by atoms with Crippen LogP contribution >= 0.6 is 0 Å². The lowest BCUT2D eigenvalue weighted by molar-refractivity contribution is -0.159. The fourth-order valence-electron chi connectivity index (χ4n) is 0.262. The number of hydrogen-bond donors (Lipinski definition) is 4. The summed E-state index contributed by atoms with van der Waals surface area (Å²) in [5.74, 6) is -3.65. The van der Waals surface area contributed by atoms with Crippen LogP contribution in [0.5, 0.6) is 0 Å². The van der Waals surface area contributed by atoms with Gasteiger partial charge in [0.2, 0.25) is 0 Å². The maximum absolute atomic E-state index is 9.10. The molecule has 0 aromatic carbocycles. The molecule has 78 valence electrons. The topological polar surface area (TPSA) is 116 Å². The normalized spacial score (nSPS) is 8.46. The summed E-state index contributed by atoms with van der Waals surface area (Å²) in [6, 6.07) is 0. The first-order valence-electron chi connectivity index (χ1n) is 3.47. The van der Waals surface area contributed by atoms with E-state index >= 15 is 0 Å². The molecule has 0 atom stereocenters. The molecule has 0 radical (unpaired) electrons. The summed E-state index contributed by atoms with van der Waals surface area (Å²) in [5, 5.41) is 22.7. The van der Waals surface area contributed by atoms with E-state index in [0.29, 0.717) is 19.8 Å². The summed E-state index contributed by atoms with van der Waals surface area (Å²) in [5.41, 5.74) is 1.98. The van der Waals surface area contributed by atoms with Crippen LogP contribution in [0.25, 0.3) is 0 Å². The lowest BCUT2D eigenvalue weighted by Crippen LogP contribution is -2.14. The minimum Gasteiger partial charge on any atom is -0.473 e. The molecule has 0 bridgehead atoms. The molecule has 0 amide bonds. The quantitative estimate of drug-likeness (QED) is 0.262. The Morgan fingerprint density at radius 1 is 1.31 bits per heavy atom. The van der Waals surface area contributed by atoms with Gasteiger partial charge in [0.25, 0.3) is 0 Å². The van der Waals surface area contributed by atoms with Gasteiger partial charge in [0.05, 0.1) is 6.61 Å². The summed E-state index contributed by atoms with van der Waals surface area (Å²) in [4.78, 5) is 18.2. The van der Waals surface area contributed by atoms with Gasteiger partial charge in [0.1, 0.15) is 0 Å². The zero-order valence-corrected chi connectivity index (χ0v) is 7.19. The molecule has 0 aliphatic heterocycles. The third-order valence-electron chi connectivity index (χ3n) is 0.745. The monoisotopic (exact) mass is 195 g/mol. The summed E-state index contributed by atoms with van der Waals surface area (Å²) < 4.78 is 4.85. The van der Waals surface area contributed by atoms with Crippen molar-refractivity contribution < 1.29 is 29.7 Å². The van der Waals surface area contributed by atoms with E-state index in [1.165, 1.54) is 0 Å². The molecule has 0 saturated heterocycles. The number of rotatable bonds is 4. The van der Waals surface area contributed by atoms with E-state index in [4.69, 9.17) is 29.7 Å². The third kappa shape index (κ3) is 18.1. The van der Waals surface area contributed by atoms with Crippen LogP contribution in [0, 0.1) is 0 Å². The van der Waals surface area contributed by atoms with Crippen molar-refractivity contribution in [3.63, 3.8) is 0 Å². The van der Waals surface area contributed by atoms with E-state index in [1.54, 1.807) is 0 Å². The van der Waals surface area contributed by atoms with E-state index in [9.17, 15) is 0 Å². The lowest BCUT2D eigenvalue weighted by atomic mass is 10.7. The summed E-state index contributed by atoms with van der Waals surface area (Å²) in [7, 11) is 0. The minimum atomic E-state index is -1.82. The van der Waals surface area contributed by atoms with Crippen LogP contribution in [0.15, 0.2) is 0 Å². The SMILES string of the molecule is CCOCCNO.O=C(O)C(=O)O. The van der Waals surface area contributed by atoms with Gasteiger partial charge in [-0.15, -0.1) is 0 Å². The maximum atomic E-state index is 9.10. The summed E-state index contributed by atoms with van der Waals surface area (Å²) >= 11 is 0. The second kappa shape index (κ2) is 10.8. The van der Waals surface area contributed by atoms with Gasteiger partial charge in [-0.3, -0.25) is 0 Å². The highest BCUT2D eigenvalue weighted by molar-refractivity contribution is 6.27. The standard InChI is InChI=1S/C4H11NO2.C2H2O4/c1-2-7-4-3-5-6;3-1(4)2(5)6/h5-6H,2-4H2,1H3;(H,3,4)(H,5,6). The van der Waals surface area contributed by atoms with Gasteiger partial charge < -0.3 is 20.2 Å². The molecule has 0 spiro atoms. The first kappa shape index (κ1) is 14.3. The van der Waals surface area contributed by atoms with Crippen molar-refractivity contribution in [2.24, 2.45) is 0 Å². The van der Waals surface area contributed by atoms with E-state index in [1.807, 2.05) is 12.4 Å². The molecule has 0 aromatic rings. The molecule has 0 fully saturated rings. The second-order valence-corrected chi connectivity index (χ2v) is 1.72. The molecule has 0 aliphatic rings. The average molecular weight is 195 g/mol. The van der Waals surface area contributed by atoms with E-state index in [0.717, 1.165) is 0 Å². The molecule has 0 unspecified atom stereocenters. The molecule has 13 heavy (non-hydrogen) atoms. The Kier molecular flexibility index (Phi) is 11.9. The van der Waals surface area contributed by atoms with E-state index < -0.39 is 11.9 Å². The fraction of sp³-hybridized carbons (Fsp3) is 0.667. The fourth-order valence-corrected chi connectivity index (χ4v) is 0.262.